The molecule has 1 aromatic heterocycles. The van der Waals surface area contributed by atoms with Gasteiger partial charge in [-0.25, -0.2) is 4.98 Å². The van der Waals surface area contributed by atoms with E-state index in [9.17, 15) is 0 Å². The lowest BCUT2D eigenvalue weighted by atomic mass is 10.3. The number of hydrogen-bond donors (Lipinski definition) is 1. The van der Waals surface area contributed by atoms with Crippen LogP contribution in [-0.4, -0.2) is 30.2 Å². The van der Waals surface area contributed by atoms with Gasteiger partial charge in [0.05, 0.1) is 5.56 Å². The van der Waals surface area contributed by atoms with Crippen LogP contribution in [0.4, 0.5) is 5.82 Å². The monoisotopic (exact) mass is 287 g/mol. The third kappa shape index (κ3) is 4.08. The highest BCUT2D eigenvalue weighted by Gasteiger charge is 2.10. The lowest BCUT2D eigenvalue weighted by Gasteiger charge is -2.13. The van der Waals surface area contributed by atoms with Gasteiger partial charge in [-0.1, -0.05) is 25.1 Å². The van der Waals surface area contributed by atoms with Gasteiger partial charge in [0.25, 0.3) is 0 Å². The van der Waals surface area contributed by atoms with Crippen LogP contribution in [0, 0.1) is 6.92 Å². The van der Waals surface area contributed by atoms with Gasteiger partial charge in [-0.2, -0.15) is 4.98 Å². The number of hydrogen-bond acceptors (Lipinski definition) is 5. The molecule has 112 valence electrons. The molecular weight excluding hydrogens is 266 g/mol. The third-order valence-electron chi connectivity index (χ3n) is 3.03. The van der Waals surface area contributed by atoms with E-state index in [-0.39, 0.29) is 0 Å². The first-order chi connectivity index (χ1) is 10.2. The van der Waals surface area contributed by atoms with Crippen LogP contribution in [0.15, 0.2) is 30.3 Å². The number of ether oxygens (including phenoxy) is 2. The van der Waals surface area contributed by atoms with E-state index >= 15 is 0 Å². The minimum Gasteiger partial charge on any atom is -0.490 e. The summed E-state index contributed by atoms with van der Waals surface area (Å²) in [5.41, 5.74) is 0.911. The van der Waals surface area contributed by atoms with Gasteiger partial charge in [0.2, 0.25) is 5.88 Å². The largest absolute Gasteiger partial charge is 0.490 e. The van der Waals surface area contributed by atoms with E-state index in [2.05, 4.69) is 15.3 Å². The third-order valence-corrected chi connectivity index (χ3v) is 3.03. The smallest absolute Gasteiger partial charge is 0.221 e. The van der Waals surface area contributed by atoms with Crippen molar-refractivity contribution in [1.82, 2.24) is 9.97 Å². The van der Waals surface area contributed by atoms with E-state index in [1.165, 1.54) is 0 Å². The van der Waals surface area contributed by atoms with Crippen LogP contribution in [-0.2, 0) is 6.42 Å². The molecule has 0 aliphatic heterocycles. The van der Waals surface area contributed by atoms with E-state index in [1.807, 2.05) is 51.2 Å². The topological polar surface area (TPSA) is 56.3 Å². The van der Waals surface area contributed by atoms with Crippen LogP contribution in [0.1, 0.15) is 18.3 Å². The zero-order valence-corrected chi connectivity index (χ0v) is 12.7. The summed E-state index contributed by atoms with van der Waals surface area (Å²) in [6.07, 6.45) is 0.770. The molecule has 0 unspecified atom stereocenters. The molecule has 5 heteroatoms. The van der Waals surface area contributed by atoms with Crippen molar-refractivity contribution in [2.24, 2.45) is 0 Å². The van der Waals surface area contributed by atoms with Gasteiger partial charge in [-0.05, 0) is 19.1 Å². The van der Waals surface area contributed by atoms with Gasteiger partial charge in [0, 0.05) is 13.5 Å². The highest BCUT2D eigenvalue weighted by Crippen LogP contribution is 2.21. The quantitative estimate of drug-likeness (QED) is 0.794. The maximum atomic E-state index is 5.73. The fourth-order valence-electron chi connectivity index (χ4n) is 1.90. The summed E-state index contributed by atoms with van der Waals surface area (Å²) in [6, 6.07) is 9.68. The molecule has 0 spiro atoms. The molecule has 0 saturated heterocycles. The number of aromatic nitrogens is 2. The Hall–Kier alpha value is -2.30. The summed E-state index contributed by atoms with van der Waals surface area (Å²) >= 11 is 0. The molecule has 0 radical (unpaired) electrons. The molecule has 0 atom stereocenters. The van der Waals surface area contributed by atoms with Crippen molar-refractivity contribution in [1.29, 1.82) is 0 Å². The molecule has 0 aliphatic rings. The first kappa shape index (κ1) is 15.1. The van der Waals surface area contributed by atoms with Gasteiger partial charge < -0.3 is 14.8 Å². The van der Waals surface area contributed by atoms with E-state index in [0.717, 1.165) is 29.4 Å². The van der Waals surface area contributed by atoms with Gasteiger partial charge in [-0.15, -0.1) is 0 Å². The van der Waals surface area contributed by atoms with E-state index in [1.54, 1.807) is 0 Å². The normalized spacial score (nSPS) is 10.2. The van der Waals surface area contributed by atoms with E-state index in [0.29, 0.717) is 19.1 Å². The molecular formula is C16H21N3O2. The Bertz CT molecular complexity index is 573. The number of nitrogens with zero attached hydrogens (tertiary/aromatic N) is 2. The molecule has 5 nitrogen and oxygen atoms in total. The van der Waals surface area contributed by atoms with Crippen molar-refractivity contribution >= 4 is 5.82 Å². The van der Waals surface area contributed by atoms with Crippen LogP contribution in [0.2, 0.25) is 0 Å². The van der Waals surface area contributed by atoms with E-state index in [4.69, 9.17) is 9.47 Å². The number of benzene rings is 1. The molecule has 1 N–H and O–H groups in total. The predicted molar refractivity (Wildman–Crippen MR) is 83.1 cm³/mol. The van der Waals surface area contributed by atoms with Crippen LogP contribution in [0.3, 0.4) is 0 Å². The summed E-state index contributed by atoms with van der Waals surface area (Å²) < 4.78 is 11.3. The molecule has 2 aromatic rings. The maximum absolute atomic E-state index is 5.73. The number of rotatable bonds is 7. The molecule has 1 heterocycles. The Balaban J connectivity index is 1.93. The second kappa shape index (κ2) is 7.47. The lowest BCUT2D eigenvalue weighted by molar-refractivity contribution is 0.210. The molecule has 0 fully saturated rings. The first-order valence-corrected chi connectivity index (χ1v) is 7.10. The number of anilines is 1. The number of aryl methyl sites for hydroxylation is 1. The average Bonchev–Trinajstić information content (AvgIpc) is 2.54. The van der Waals surface area contributed by atoms with Crippen molar-refractivity contribution in [2.45, 2.75) is 20.3 Å². The van der Waals surface area contributed by atoms with Gasteiger partial charge >= 0.3 is 0 Å². The minimum absolute atomic E-state index is 0.444. The Morgan fingerprint density at radius 3 is 2.43 bits per heavy atom. The summed E-state index contributed by atoms with van der Waals surface area (Å²) in [4.78, 5) is 8.83. The van der Waals surface area contributed by atoms with Crippen LogP contribution in [0.5, 0.6) is 11.6 Å². The SMILES string of the molecule is CCc1nc(NC)c(C)c(OCCOc2ccccc2)n1. The molecule has 0 aliphatic carbocycles. The van der Waals surface area contributed by atoms with Crippen LogP contribution in [0.25, 0.3) is 0 Å². The Kier molecular flexibility index (Phi) is 5.37. The second-order valence-electron chi connectivity index (χ2n) is 4.53. The van der Waals surface area contributed by atoms with Gasteiger partial charge in [0.15, 0.2) is 0 Å². The number of para-hydroxylation sites is 1. The standard InChI is InChI=1S/C16H21N3O2/c1-4-14-18-15(17-3)12(2)16(19-14)21-11-10-20-13-8-6-5-7-9-13/h5-9H,4,10-11H2,1-3H3,(H,17,18,19). The summed E-state index contributed by atoms with van der Waals surface area (Å²) in [7, 11) is 1.84. The van der Waals surface area contributed by atoms with Gasteiger partial charge in [0.1, 0.15) is 30.6 Å². The number of nitrogens with one attached hydrogen (secondary N) is 1. The zero-order chi connectivity index (χ0) is 15.1. The maximum Gasteiger partial charge on any atom is 0.221 e. The Morgan fingerprint density at radius 1 is 1.05 bits per heavy atom. The lowest BCUT2D eigenvalue weighted by Crippen LogP contribution is -2.12. The van der Waals surface area contributed by atoms with Crippen molar-refractivity contribution in [2.75, 3.05) is 25.6 Å². The molecule has 21 heavy (non-hydrogen) atoms. The molecule has 0 saturated carbocycles. The fourth-order valence-corrected chi connectivity index (χ4v) is 1.90. The first-order valence-electron chi connectivity index (χ1n) is 7.10. The zero-order valence-electron chi connectivity index (χ0n) is 12.7. The molecule has 0 bridgehead atoms. The van der Waals surface area contributed by atoms with Crippen molar-refractivity contribution < 1.29 is 9.47 Å². The highest BCUT2D eigenvalue weighted by atomic mass is 16.5. The van der Waals surface area contributed by atoms with Crippen molar-refractivity contribution in [3.63, 3.8) is 0 Å². The van der Waals surface area contributed by atoms with Crippen molar-refractivity contribution in [3.8, 4) is 11.6 Å². The predicted octanol–water partition coefficient (Wildman–Crippen LogP) is 2.85. The van der Waals surface area contributed by atoms with Gasteiger partial charge in [-0.3, -0.25) is 0 Å². The van der Waals surface area contributed by atoms with Crippen LogP contribution >= 0.6 is 0 Å². The molecule has 1 aromatic carbocycles. The summed E-state index contributed by atoms with van der Waals surface area (Å²) in [5.74, 6) is 3.03. The minimum atomic E-state index is 0.444. The summed E-state index contributed by atoms with van der Waals surface area (Å²) in [6.45, 7) is 4.88. The highest BCUT2D eigenvalue weighted by molar-refractivity contribution is 5.48. The summed E-state index contributed by atoms with van der Waals surface area (Å²) in [5, 5.41) is 3.06. The second-order valence-corrected chi connectivity index (χ2v) is 4.53. The average molecular weight is 287 g/mol. The molecule has 0 amide bonds. The fraction of sp³-hybridized carbons (Fsp3) is 0.375. The Morgan fingerprint density at radius 2 is 1.76 bits per heavy atom. The van der Waals surface area contributed by atoms with E-state index < -0.39 is 0 Å². The van der Waals surface area contributed by atoms with Crippen molar-refractivity contribution in [3.05, 3.63) is 41.7 Å². The Labute approximate surface area is 125 Å². The molecule has 2 rings (SSSR count). The van der Waals surface area contributed by atoms with Crippen LogP contribution < -0.4 is 14.8 Å².